The van der Waals surface area contributed by atoms with E-state index in [2.05, 4.69) is 7.85 Å². The predicted molar refractivity (Wildman–Crippen MR) is 17.6 cm³/mol. The molecule has 5 heteroatoms. The van der Waals surface area contributed by atoms with Crippen LogP contribution in [-0.2, 0) is 0 Å². The molecule has 29 valence electrons. The minimum Gasteiger partial charge on any atom is -0.184 e. The van der Waals surface area contributed by atoms with Gasteiger partial charge in [-0.05, 0) is 0 Å². The molecule has 0 fully saturated rings. The molecule has 0 aliphatic heterocycles. The first-order valence-corrected chi connectivity index (χ1v) is 0.856. The molecule has 0 aromatic heterocycles. The molecule has 0 aliphatic carbocycles. The van der Waals surface area contributed by atoms with Crippen LogP contribution in [0.5, 0.6) is 0 Å². The fraction of sp³-hybridized carbons (Fsp3) is 1.00. The van der Waals surface area contributed by atoms with Crippen molar-refractivity contribution in [3.8, 4) is 0 Å². The van der Waals surface area contributed by atoms with E-state index in [0.717, 1.165) is 0 Å². The standard InChI is InChI=1S/CBF3.K/c2-1(3,4)5;. The fourth-order valence-corrected chi connectivity index (χ4v) is 0. The Hall–Kier alpha value is 1.49. The molecule has 0 saturated heterocycles. The summed E-state index contributed by atoms with van der Waals surface area (Å²) in [6.45, 7) is 0. The largest absolute Gasteiger partial charge is 0.331 e. The van der Waals surface area contributed by atoms with Gasteiger partial charge < -0.3 is 0 Å². The molecule has 0 heterocycles. The maximum Gasteiger partial charge on any atom is 0.331 e. The predicted octanol–water partition coefficient (Wildman–Crippen LogP) is 0.294. The van der Waals surface area contributed by atoms with Crippen LogP contribution < -0.4 is 0 Å². The molecular weight excluding hydrogens is 119 g/mol. The third-order valence-electron chi connectivity index (χ3n) is 0. The van der Waals surface area contributed by atoms with Crippen LogP contribution in [0, 0.1) is 0 Å². The molecule has 0 unspecified atom stereocenters. The number of alkyl halides is 3. The van der Waals surface area contributed by atoms with Crippen LogP contribution in [0.1, 0.15) is 0 Å². The second-order valence-corrected chi connectivity index (χ2v) is 0.542. The van der Waals surface area contributed by atoms with E-state index in [9.17, 15) is 13.2 Å². The molecule has 0 nitrogen and oxygen atoms in total. The monoisotopic (exact) mass is 119 g/mol. The first kappa shape index (κ1) is 10.5. The van der Waals surface area contributed by atoms with Crippen LogP contribution >= 0.6 is 0 Å². The summed E-state index contributed by atoms with van der Waals surface area (Å²) in [5, 5.41) is 0. The Morgan fingerprint density at radius 2 is 1.17 bits per heavy atom. The van der Waals surface area contributed by atoms with Crippen molar-refractivity contribution in [3.05, 3.63) is 0 Å². The van der Waals surface area contributed by atoms with Gasteiger partial charge in [-0.3, -0.25) is 0 Å². The summed E-state index contributed by atoms with van der Waals surface area (Å²) in [7, 11) is 3.35. The molecule has 0 amide bonds. The zero-order valence-electron chi connectivity index (χ0n) is 3.21. The van der Waals surface area contributed by atoms with Crippen molar-refractivity contribution in [1.82, 2.24) is 0 Å². The Morgan fingerprint density at radius 1 is 1.17 bits per heavy atom. The van der Waals surface area contributed by atoms with Crippen molar-refractivity contribution in [1.29, 1.82) is 0 Å². The Morgan fingerprint density at radius 3 is 1.17 bits per heavy atom. The van der Waals surface area contributed by atoms with E-state index in [1.54, 1.807) is 0 Å². The maximum atomic E-state index is 10.1. The molecule has 3 radical (unpaired) electrons. The third kappa shape index (κ3) is 49.8. The topological polar surface area (TPSA) is 0 Å². The van der Waals surface area contributed by atoms with Gasteiger partial charge >= 0.3 is 6.08 Å². The molecule has 0 bridgehead atoms. The minimum absolute atomic E-state index is 0. The average molecular weight is 119 g/mol. The van der Waals surface area contributed by atoms with Gasteiger partial charge in [0.15, 0.2) is 0 Å². The van der Waals surface area contributed by atoms with Crippen LogP contribution in [0.3, 0.4) is 0 Å². The Kier molecular flexibility index (Phi) is 6.09. The van der Waals surface area contributed by atoms with E-state index < -0.39 is 6.08 Å². The van der Waals surface area contributed by atoms with Crippen LogP contribution in [0.2, 0.25) is 0 Å². The summed E-state index contributed by atoms with van der Waals surface area (Å²) in [5.74, 6) is 0. The molecule has 6 heavy (non-hydrogen) atoms. The second-order valence-electron chi connectivity index (χ2n) is 0.542. The molecule has 0 spiro atoms. The molecule has 0 aliphatic rings. The van der Waals surface area contributed by atoms with E-state index in [1.165, 1.54) is 0 Å². The zero-order valence-corrected chi connectivity index (χ0v) is 6.33. The molecular formula is CBF3K. The molecule has 0 atom stereocenters. The van der Waals surface area contributed by atoms with Crippen LogP contribution in [-0.4, -0.2) is 65.3 Å². The summed E-state index contributed by atoms with van der Waals surface area (Å²) >= 11 is 0. The molecule has 0 saturated carbocycles. The van der Waals surface area contributed by atoms with Gasteiger partial charge in [0.25, 0.3) is 0 Å². The quantitative estimate of drug-likeness (QED) is 0.402. The SMILES string of the molecule is [B]C(F)(F)F.[K]. The molecule has 0 aromatic carbocycles. The third-order valence-corrected chi connectivity index (χ3v) is 0. The Balaban J connectivity index is 0. The van der Waals surface area contributed by atoms with Crippen LogP contribution in [0.25, 0.3) is 0 Å². The zero-order chi connectivity index (χ0) is 4.50. The van der Waals surface area contributed by atoms with Crippen molar-refractivity contribution in [2.75, 3.05) is 0 Å². The van der Waals surface area contributed by atoms with Gasteiger partial charge in [0.1, 0.15) is 0 Å². The normalized spacial score (nSPS) is 9.83. The van der Waals surface area contributed by atoms with Gasteiger partial charge in [-0.25, -0.2) is 0 Å². The van der Waals surface area contributed by atoms with Gasteiger partial charge in [-0.1, -0.05) is 0 Å². The van der Waals surface area contributed by atoms with Crippen molar-refractivity contribution < 1.29 is 13.2 Å². The molecule has 0 N–H and O–H groups in total. The van der Waals surface area contributed by atoms with E-state index in [-0.39, 0.29) is 51.4 Å². The molecule has 0 rings (SSSR count). The second kappa shape index (κ2) is 3.49. The molecule has 0 aromatic rings. The van der Waals surface area contributed by atoms with E-state index >= 15 is 0 Å². The number of hydrogen-bond acceptors (Lipinski definition) is 0. The van der Waals surface area contributed by atoms with E-state index in [1.807, 2.05) is 0 Å². The Bertz CT molecular complexity index is 26.3. The average Bonchev–Trinajstić information content (AvgIpc) is 0.722. The van der Waals surface area contributed by atoms with Gasteiger partial charge in [0.05, 0.1) is 0 Å². The Labute approximate surface area is 77.3 Å². The fourth-order valence-electron chi connectivity index (χ4n) is 0. The van der Waals surface area contributed by atoms with Crippen LogP contribution in [0.15, 0.2) is 0 Å². The first-order valence-electron chi connectivity index (χ1n) is 0.856. The number of rotatable bonds is 0. The summed E-state index contributed by atoms with van der Waals surface area (Å²) in [5.41, 5.74) is 0. The summed E-state index contributed by atoms with van der Waals surface area (Å²) in [4.78, 5) is 0. The van der Waals surface area contributed by atoms with Gasteiger partial charge in [-0.2, -0.15) is 13.2 Å². The summed E-state index contributed by atoms with van der Waals surface area (Å²) < 4.78 is 30.4. The summed E-state index contributed by atoms with van der Waals surface area (Å²) in [6, 6.07) is 0. The van der Waals surface area contributed by atoms with Crippen molar-refractivity contribution in [3.63, 3.8) is 0 Å². The van der Waals surface area contributed by atoms with Crippen molar-refractivity contribution in [2.45, 2.75) is 6.08 Å². The van der Waals surface area contributed by atoms with Gasteiger partial charge in [-0.15, -0.1) is 0 Å². The smallest absolute Gasteiger partial charge is 0.184 e. The van der Waals surface area contributed by atoms with Gasteiger partial charge in [0.2, 0.25) is 7.85 Å². The van der Waals surface area contributed by atoms with Crippen molar-refractivity contribution in [2.24, 2.45) is 0 Å². The van der Waals surface area contributed by atoms with Crippen molar-refractivity contribution >= 4 is 59.2 Å². The maximum absolute atomic E-state index is 10.1. The van der Waals surface area contributed by atoms with Gasteiger partial charge in [0, 0.05) is 51.4 Å². The number of hydrogen-bond donors (Lipinski definition) is 0. The van der Waals surface area contributed by atoms with E-state index in [4.69, 9.17) is 0 Å². The van der Waals surface area contributed by atoms with E-state index in [0.29, 0.717) is 0 Å². The van der Waals surface area contributed by atoms with Crippen LogP contribution in [0.4, 0.5) is 13.2 Å². The summed E-state index contributed by atoms with van der Waals surface area (Å²) in [6.07, 6.45) is -4.50. The number of halogens is 3. The minimum atomic E-state index is -4.50. The first-order chi connectivity index (χ1) is 2.00.